The highest BCUT2D eigenvalue weighted by Gasteiger charge is 2.49. The Morgan fingerprint density at radius 3 is 2.52 bits per heavy atom. The first-order valence-corrected chi connectivity index (χ1v) is 9.94. The Hall–Kier alpha value is -3.64. The molecule has 0 aromatic heterocycles. The molecule has 0 radical (unpaired) electrons. The van der Waals surface area contributed by atoms with Gasteiger partial charge in [0.05, 0.1) is 5.57 Å². The molecule has 5 nitrogen and oxygen atoms in total. The summed E-state index contributed by atoms with van der Waals surface area (Å²) in [6.45, 7) is 2.07. The predicted molar refractivity (Wildman–Crippen MR) is 111 cm³/mol. The van der Waals surface area contributed by atoms with Crippen LogP contribution in [0, 0.1) is 5.82 Å². The van der Waals surface area contributed by atoms with Gasteiger partial charge in [0.15, 0.2) is 11.5 Å². The molecular formula is C25H19FO5. The lowest BCUT2D eigenvalue weighted by atomic mass is 9.82. The molecule has 0 saturated heterocycles. The molecule has 1 aliphatic carbocycles. The highest BCUT2D eigenvalue weighted by atomic mass is 19.1. The van der Waals surface area contributed by atoms with Crippen molar-refractivity contribution in [1.82, 2.24) is 0 Å². The number of rotatable bonds is 4. The Morgan fingerprint density at radius 2 is 1.81 bits per heavy atom. The largest absolute Gasteiger partial charge is 0.478 e. The smallest absolute Gasteiger partial charge is 0.335 e. The molecule has 0 fully saturated rings. The van der Waals surface area contributed by atoms with Gasteiger partial charge >= 0.3 is 5.97 Å². The average molecular weight is 418 g/mol. The fraction of sp³-hybridized carbons (Fsp3) is 0.160. The van der Waals surface area contributed by atoms with Gasteiger partial charge in [-0.1, -0.05) is 43.3 Å². The van der Waals surface area contributed by atoms with Gasteiger partial charge in [0.2, 0.25) is 6.79 Å². The molecule has 0 spiro atoms. The summed E-state index contributed by atoms with van der Waals surface area (Å²) in [5, 5.41) is 22.2. The van der Waals surface area contributed by atoms with E-state index in [2.05, 4.69) is 0 Å². The number of benzene rings is 3. The molecule has 6 heteroatoms. The number of carboxylic acid groups (broad SMARTS) is 1. The van der Waals surface area contributed by atoms with E-state index in [0.717, 1.165) is 5.56 Å². The van der Waals surface area contributed by atoms with Crippen molar-refractivity contribution in [2.45, 2.75) is 18.9 Å². The van der Waals surface area contributed by atoms with Crippen LogP contribution in [0.3, 0.4) is 0 Å². The summed E-state index contributed by atoms with van der Waals surface area (Å²) in [5.41, 5.74) is 1.24. The van der Waals surface area contributed by atoms with E-state index in [-0.39, 0.29) is 17.9 Å². The van der Waals surface area contributed by atoms with Crippen molar-refractivity contribution in [1.29, 1.82) is 0 Å². The third-order valence-corrected chi connectivity index (χ3v) is 5.92. The quantitative estimate of drug-likeness (QED) is 0.663. The fourth-order valence-corrected chi connectivity index (χ4v) is 4.53. The Labute approximate surface area is 178 Å². The predicted octanol–water partition coefficient (Wildman–Crippen LogP) is 4.25. The van der Waals surface area contributed by atoms with Gasteiger partial charge in [-0.15, -0.1) is 0 Å². The minimum Gasteiger partial charge on any atom is -0.478 e. The van der Waals surface area contributed by atoms with Crippen LogP contribution in [0.15, 0.2) is 66.2 Å². The molecule has 1 unspecified atom stereocenters. The molecular weight excluding hydrogens is 399 g/mol. The number of aliphatic carboxylic acids is 1. The van der Waals surface area contributed by atoms with Crippen molar-refractivity contribution in [3.63, 3.8) is 0 Å². The van der Waals surface area contributed by atoms with E-state index in [1.807, 2.05) is 13.0 Å². The molecule has 3 aromatic rings. The van der Waals surface area contributed by atoms with E-state index >= 15 is 0 Å². The number of fused-ring (bicyclic) bond motifs is 2. The van der Waals surface area contributed by atoms with Crippen molar-refractivity contribution in [3.8, 4) is 11.5 Å². The summed E-state index contributed by atoms with van der Waals surface area (Å²) in [6.07, 6.45) is 0.642. The zero-order valence-corrected chi connectivity index (χ0v) is 16.7. The van der Waals surface area contributed by atoms with E-state index in [4.69, 9.17) is 9.47 Å². The van der Waals surface area contributed by atoms with Crippen LogP contribution in [-0.2, 0) is 16.8 Å². The maximum atomic E-state index is 13.6. The first-order valence-electron chi connectivity index (χ1n) is 9.94. The molecule has 1 aliphatic heterocycles. The number of carboxylic acids is 1. The van der Waals surface area contributed by atoms with Crippen LogP contribution in [-0.4, -0.2) is 23.0 Å². The Balaban J connectivity index is 1.87. The maximum Gasteiger partial charge on any atom is 0.335 e. The Morgan fingerprint density at radius 1 is 1.06 bits per heavy atom. The molecule has 0 bridgehead atoms. The van der Waals surface area contributed by atoms with Crippen LogP contribution >= 0.6 is 0 Å². The number of carbonyl (C=O) groups is 1. The first kappa shape index (κ1) is 19.3. The monoisotopic (exact) mass is 418 g/mol. The molecule has 2 aliphatic rings. The second-order valence-electron chi connectivity index (χ2n) is 7.53. The van der Waals surface area contributed by atoms with E-state index in [0.29, 0.717) is 40.2 Å². The minimum absolute atomic E-state index is 0.0972. The van der Waals surface area contributed by atoms with Crippen LogP contribution in [0.1, 0.15) is 34.7 Å². The second-order valence-corrected chi connectivity index (χ2v) is 7.53. The number of ether oxygens (including phenoxy) is 2. The topological polar surface area (TPSA) is 76.0 Å². The zero-order valence-electron chi connectivity index (χ0n) is 16.7. The minimum atomic E-state index is -1.94. The molecule has 1 heterocycles. The van der Waals surface area contributed by atoms with E-state index in [1.54, 1.807) is 30.3 Å². The molecule has 31 heavy (non-hydrogen) atoms. The highest BCUT2D eigenvalue weighted by molar-refractivity contribution is 6.08. The second kappa shape index (κ2) is 6.96. The summed E-state index contributed by atoms with van der Waals surface area (Å²) in [5.74, 6) is -0.623. The zero-order chi connectivity index (χ0) is 21.8. The van der Waals surface area contributed by atoms with Gasteiger partial charge in [0, 0.05) is 11.1 Å². The third kappa shape index (κ3) is 2.75. The lowest BCUT2D eigenvalue weighted by Crippen LogP contribution is -2.31. The van der Waals surface area contributed by atoms with Gasteiger partial charge in [-0.25, -0.2) is 9.18 Å². The van der Waals surface area contributed by atoms with Gasteiger partial charge in [0.1, 0.15) is 11.4 Å². The SMILES string of the molecule is CCc1cccc2c1C(c1ccc3c(c1)OCO3)=C(C(=O)O)C2(O)c1ccc(F)cc1. The van der Waals surface area contributed by atoms with Crippen molar-refractivity contribution in [2.24, 2.45) is 0 Å². The summed E-state index contributed by atoms with van der Waals surface area (Å²) in [6, 6.07) is 15.9. The Bertz CT molecular complexity index is 1250. The lowest BCUT2D eigenvalue weighted by molar-refractivity contribution is -0.134. The van der Waals surface area contributed by atoms with Crippen LogP contribution in [0.4, 0.5) is 4.39 Å². The number of aryl methyl sites for hydroxylation is 1. The lowest BCUT2D eigenvalue weighted by Gasteiger charge is -2.27. The van der Waals surface area contributed by atoms with E-state index < -0.39 is 17.4 Å². The van der Waals surface area contributed by atoms with Crippen LogP contribution < -0.4 is 9.47 Å². The average Bonchev–Trinajstić information content (AvgIpc) is 3.34. The van der Waals surface area contributed by atoms with Crippen LogP contribution in [0.5, 0.6) is 11.5 Å². The summed E-state index contributed by atoms with van der Waals surface area (Å²) < 4.78 is 24.5. The van der Waals surface area contributed by atoms with Gasteiger partial charge in [-0.2, -0.15) is 0 Å². The van der Waals surface area contributed by atoms with E-state index in [1.165, 1.54) is 24.3 Å². The Kier molecular flexibility index (Phi) is 4.34. The van der Waals surface area contributed by atoms with Gasteiger partial charge in [-0.3, -0.25) is 0 Å². The number of aliphatic hydroxyl groups is 1. The molecule has 156 valence electrons. The third-order valence-electron chi connectivity index (χ3n) is 5.92. The van der Waals surface area contributed by atoms with Gasteiger partial charge < -0.3 is 19.7 Å². The van der Waals surface area contributed by atoms with Gasteiger partial charge in [0.25, 0.3) is 0 Å². The number of hydrogen-bond acceptors (Lipinski definition) is 4. The van der Waals surface area contributed by atoms with Crippen molar-refractivity contribution < 1.29 is 28.9 Å². The van der Waals surface area contributed by atoms with E-state index in [9.17, 15) is 19.4 Å². The fourth-order valence-electron chi connectivity index (χ4n) is 4.53. The van der Waals surface area contributed by atoms with Crippen molar-refractivity contribution >= 4 is 11.5 Å². The highest BCUT2D eigenvalue weighted by Crippen LogP contribution is 2.53. The van der Waals surface area contributed by atoms with Crippen molar-refractivity contribution in [2.75, 3.05) is 6.79 Å². The number of hydrogen-bond donors (Lipinski definition) is 2. The standard InChI is InChI=1S/C25H19FO5/c1-2-14-4-3-5-18-21(14)22(15-6-11-19-20(12-15)31-13-30-19)23(24(27)28)25(18,29)16-7-9-17(26)10-8-16/h3-12,29H,2,13H2,1H3,(H,27,28). The summed E-state index contributed by atoms with van der Waals surface area (Å²) >= 11 is 0. The summed E-state index contributed by atoms with van der Waals surface area (Å²) in [4.78, 5) is 12.6. The van der Waals surface area contributed by atoms with Gasteiger partial charge in [-0.05, 0) is 52.9 Å². The molecule has 0 saturated carbocycles. The molecule has 5 rings (SSSR count). The number of halogens is 1. The first-order chi connectivity index (χ1) is 14.9. The van der Waals surface area contributed by atoms with Crippen LogP contribution in [0.2, 0.25) is 0 Å². The van der Waals surface area contributed by atoms with Crippen LogP contribution in [0.25, 0.3) is 5.57 Å². The normalized spacial score (nSPS) is 18.9. The molecule has 1 atom stereocenters. The molecule has 0 amide bonds. The molecule has 3 aromatic carbocycles. The van der Waals surface area contributed by atoms with Crippen molar-refractivity contribution in [3.05, 3.63) is 99.9 Å². The molecule has 2 N–H and O–H groups in total. The summed E-state index contributed by atoms with van der Waals surface area (Å²) in [7, 11) is 0. The maximum absolute atomic E-state index is 13.6.